The van der Waals surface area contributed by atoms with Crippen LogP contribution in [0, 0.1) is 6.92 Å². The molecule has 136 valence electrons. The zero-order chi connectivity index (χ0) is 16.8. The highest BCUT2D eigenvalue weighted by molar-refractivity contribution is 5.64. The Labute approximate surface area is 159 Å². The second kappa shape index (κ2) is 10.6. The number of nitrogens with zero attached hydrogens (tertiary/aromatic N) is 2. The fraction of sp³-hybridized carbons (Fsp3) is 0.294. The highest BCUT2D eigenvalue weighted by Crippen LogP contribution is 2.17. The summed E-state index contributed by atoms with van der Waals surface area (Å²) in [5.74, 6) is 0. The Kier molecular flexibility index (Phi) is 9.71. The molecule has 0 N–H and O–H groups in total. The average Bonchev–Trinajstić information content (AvgIpc) is 2.55. The number of carbonyl (C=O) groups excluding carboxylic acids is 2. The Balaban J connectivity index is 0.00000288. The van der Waals surface area contributed by atoms with Gasteiger partial charge in [0.2, 0.25) is 0 Å². The molecule has 0 aliphatic heterocycles. The quantitative estimate of drug-likeness (QED) is 0.508. The summed E-state index contributed by atoms with van der Waals surface area (Å²) in [5.41, 5.74) is 2.65. The van der Waals surface area contributed by atoms with E-state index in [4.69, 9.17) is 9.47 Å². The van der Waals surface area contributed by atoms with Gasteiger partial charge in [0.25, 0.3) is 0 Å². The summed E-state index contributed by atoms with van der Waals surface area (Å²) in [7, 11) is 0. The molecule has 2 rings (SSSR count). The third-order valence-corrected chi connectivity index (χ3v) is 3.25. The zero-order valence-electron chi connectivity index (χ0n) is 14.2. The van der Waals surface area contributed by atoms with Gasteiger partial charge in [0, 0.05) is 31.2 Å². The molecule has 0 bridgehead atoms. The lowest BCUT2D eigenvalue weighted by Crippen LogP contribution is -3.00. The van der Waals surface area contributed by atoms with Crippen LogP contribution in [0.3, 0.4) is 0 Å². The maximum atomic E-state index is 11.8. The monoisotopic (exact) mass is 386 g/mol. The van der Waals surface area contributed by atoms with Gasteiger partial charge in [-0.1, -0.05) is 9.13 Å². The van der Waals surface area contributed by atoms with Crippen LogP contribution in [-0.2, 0) is 9.47 Å². The van der Waals surface area contributed by atoms with E-state index in [2.05, 4.69) is 0 Å². The minimum atomic E-state index is -0.413. The second-order valence-electron chi connectivity index (χ2n) is 4.82. The molecule has 0 fully saturated rings. The standard InChI is InChI=1S/C17H20N2O4.2ClH/c1-4-22-16(20)18-9-6-14(7-10-18)15-8-11-19(13(3)12-15)17(21)23-5-2;;/h6-12H,4-5H2,1-3H3;2*1H/q+2;;/p-2. The average molecular weight is 387 g/mol. The summed E-state index contributed by atoms with van der Waals surface area (Å²) in [5, 5.41) is 0. The van der Waals surface area contributed by atoms with Crippen LogP contribution in [-0.4, -0.2) is 25.4 Å². The van der Waals surface area contributed by atoms with E-state index in [1.807, 2.05) is 31.2 Å². The Morgan fingerprint density at radius 3 is 1.92 bits per heavy atom. The van der Waals surface area contributed by atoms with Crippen LogP contribution in [0.5, 0.6) is 0 Å². The first-order valence-electron chi connectivity index (χ1n) is 7.45. The molecule has 0 saturated heterocycles. The SMILES string of the molecule is CCOC(=O)[n+]1ccc(-c2cc[n+](C(=O)OCC)c(C)c2)cc1.[Cl-].[Cl-]. The van der Waals surface area contributed by atoms with E-state index in [0.29, 0.717) is 13.2 Å². The van der Waals surface area contributed by atoms with Gasteiger partial charge in [-0.2, -0.15) is 9.59 Å². The highest BCUT2D eigenvalue weighted by atomic mass is 35.5. The van der Waals surface area contributed by atoms with Crippen LogP contribution < -0.4 is 33.9 Å². The van der Waals surface area contributed by atoms with Gasteiger partial charge in [-0.25, -0.2) is 0 Å². The lowest BCUT2D eigenvalue weighted by atomic mass is 10.1. The molecule has 0 atom stereocenters. The van der Waals surface area contributed by atoms with E-state index in [0.717, 1.165) is 16.8 Å². The molecule has 2 heterocycles. The molecular weight excluding hydrogens is 367 g/mol. The number of ether oxygens (including phenoxy) is 2. The van der Waals surface area contributed by atoms with Crippen LogP contribution in [0.4, 0.5) is 9.59 Å². The van der Waals surface area contributed by atoms with Gasteiger partial charge in [0.1, 0.15) is 0 Å². The molecule has 0 amide bonds. The molecule has 0 aliphatic carbocycles. The summed E-state index contributed by atoms with van der Waals surface area (Å²) in [6.45, 7) is 6.03. The minimum Gasteiger partial charge on any atom is -1.00 e. The van der Waals surface area contributed by atoms with E-state index < -0.39 is 12.2 Å². The molecule has 0 unspecified atom stereocenters. The molecule has 6 nitrogen and oxygen atoms in total. The smallest absolute Gasteiger partial charge is 0.602 e. The van der Waals surface area contributed by atoms with E-state index in [-0.39, 0.29) is 24.8 Å². The fourth-order valence-electron chi connectivity index (χ4n) is 2.13. The summed E-state index contributed by atoms with van der Waals surface area (Å²) in [4.78, 5) is 23.4. The molecule has 0 radical (unpaired) electrons. The van der Waals surface area contributed by atoms with Crippen molar-refractivity contribution in [1.29, 1.82) is 0 Å². The van der Waals surface area contributed by atoms with E-state index >= 15 is 0 Å². The number of halogens is 2. The van der Waals surface area contributed by atoms with E-state index in [1.165, 1.54) is 9.13 Å². The van der Waals surface area contributed by atoms with E-state index in [9.17, 15) is 9.59 Å². The number of hydrogen-bond donors (Lipinski definition) is 0. The Morgan fingerprint density at radius 2 is 1.40 bits per heavy atom. The van der Waals surface area contributed by atoms with Crippen molar-refractivity contribution in [3.63, 3.8) is 0 Å². The van der Waals surface area contributed by atoms with Gasteiger partial charge in [0.15, 0.2) is 24.3 Å². The van der Waals surface area contributed by atoms with Crippen molar-refractivity contribution in [2.24, 2.45) is 0 Å². The van der Waals surface area contributed by atoms with Crippen molar-refractivity contribution < 1.29 is 53.0 Å². The lowest BCUT2D eigenvalue weighted by molar-refractivity contribution is -0.592. The van der Waals surface area contributed by atoms with Gasteiger partial charge in [-0.3, -0.25) is 0 Å². The predicted octanol–water partition coefficient (Wildman–Crippen LogP) is -3.75. The molecule has 8 heteroatoms. The highest BCUT2D eigenvalue weighted by Gasteiger charge is 2.20. The first kappa shape index (κ1) is 22.8. The molecular formula is C17H20Cl2N2O4. The largest absolute Gasteiger partial charge is 1.00 e. The summed E-state index contributed by atoms with van der Waals surface area (Å²) >= 11 is 0. The Morgan fingerprint density at radius 1 is 0.880 bits per heavy atom. The molecule has 0 saturated carbocycles. The Bertz CT molecular complexity index is 721. The van der Waals surface area contributed by atoms with Crippen molar-refractivity contribution >= 4 is 12.2 Å². The van der Waals surface area contributed by atoms with Crippen LogP contribution in [0.25, 0.3) is 11.1 Å². The lowest BCUT2D eigenvalue weighted by Gasteiger charge is -2.02. The summed E-state index contributed by atoms with van der Waals surface area (Å²) in [6.07, 6.45) is 4.16. The van der Waals surface area contributed by atoms with Crippen molar-refractivity contribution in [2.75, 3.05) is 13.2 Å². The van der Waals surface area contributed by atoms with Crippen molar-refractivity contribution in [3.05, 3.63) is 48.5 Å². The maximum absolute atomic E-state index is 11.8. The van der Waals surface area contributed by atoms with Crippen LogP contribution >= 0.6 is 0 Å². The molecule has 0 aromatic carbocycles. The maximum Gasteiger partial charge on any atom is 0.602 e. The molecule has 2 aromatic heterocycles. The van der Waals surface area contributed by atoms with Gasteiger partial charge in [-0.05, 0) is 25.0 Å². The number of aromatic nitrogens is 2. The number of hydrogen-bond acceptors (Lipinski definition) is 4. The predicted molar refractivity (Wildman–Crippen MR) is 81.8 cm³/mol. The van der Waals surface area contributed by atoms with Crippen LogP contribution in [0.15, 0.2) is 42.9 Å². The number of pyridine rings is 2. The molecule has 0 aliphatic rings. The van der Waals surface area contributed by atoms with Gasteiger partial charge in [0.05, 0.1) is 13.2 Å². The summed E-state index contributed by atoms with van der Waals surface area (Å²) < 4.78 is 12.7. The summed E-state index contributed by atoms with van der Waals surface area (Å²) in [6, 6.07) is 7.36. The van der Waals surface area contributed by atoms with Crippen molar-refractivity contribution in [1.82, 2.24) is 0 Å². The minimum absolute atomic E-state index is 0. The van der Waals surface area contributed by atoms with Gasteiger partial charge >= 0.3 is 12.2 Å². The van der Waals surface area contributed by atoms with Crippen molar-refractivity contribution in [3.8, 4) is 11.1 Å². The van der Waals surface area contributed by atoms with Gasteiger partial charge < -0.3 is 34.3 Å². The third-order valence-electron chi connectivity index (χ3n) is 3.25. The first-order chi connectivity index (χ1) is 11.1. The first-order valence-corrected chi connectivity index (χ1v) is 7.45. The fourth-order valence-corrected chi connectivity index (χ4v) is 2.13. The van der Waals surface area contributed by atoms with Crippen molar-refractivity contribution in [2.45, 2.75) is 20.8 Å². The molecule has 25 heavy (non-hydrogen) atoms. The Hall–Kier alpha value is -2.18. The van der Waals surface area contributed by atoms with E-state index in [1.54, 1.807) is 32.4 Å². The number of aryl methyl sites for hydroxylation is 1. The van der Waals surface area contributed by atoms with Crippen LogP contribution in [0.1, 0.15) is 19.5 Å². The zero-order valence-corrected chi connectivity index (χ0v) is 15.8. The van der Waals surface area contributed by atoms with Gasteiger partial charge in [-0.15, -0.1) is 0 Å². The topological polar surface area (TPSA) is 60.4 Å². The molecule has 0 spiro atoms. The number of carbonyl (C=O) groups is 2. The molecule has 2 aromatic rings. The third kappa shape index (κ3) is 5.69. The second-order valence-corrected chi connectivity index (χ2v) is 4.82. The van der Waals surface area contributed by atoms with Crippen LogP contribution in [0.2, 0.25) is 0 Å². The normalized spacial score (nSPS) is 9.40. The number of rotatable bonds is 3.